The van der Waals surface area contributed by atoms with Gasteiger partial charge in [0.25, 0.3) is 0 Å². The van der Waals surface area contributed by atoms with Crippen molar-refractivity contribution in [2.45, 2.75) is 37.5 Å². The average molecular weight is 288 g/mol. The third kappa shape index (κ3) is 3.49. The van der Waals surface area contributed by atoms with Crippen molar-refractivity contribution in [2.24, 2.45) is 0 Å². The summed E-state index contributed by atoms with van der Waals surface area (Å²) in [6.07, 6.45) is -1.18. The van der Waals surface area contributed by atoms with Crippen LogP contribution in [0.1, 0.15) is 31.4 Å². The summed E-state index contributed by atoms with van der Waals surface area (Å²) in [6.45, 7) is 1.52. The summed E-state index contributed by atoms with van der Waals surface area (Å²) in [6, 6.07) is 5.60. The lowest BCUT2D eigenvalue weighted by atomic mass is 9.93. The van der Waals surface area contributed by atoms with Gasteiger partial charge in [0.15, 0.2) is 5.60 Å². The Morgan fingerprint density at radius 2 is 2.15 bits per heavy atom. The van der Waals surface area contributed by atoms with Gasteiger partial charge in [0.2, 0.25) is 0 Å². The Kier molecular flexibility index (Phi) is 4.34. The number of rotatable bonds is 3. The fraction of sp³-hybridized carbons (Fsp3) is 0.643. The van der Waals surface area contributed by atoms with Crippen LogP contribution in [0.3, 0.4) is 0 Å². The highest BCUT2D eigenvalue weighted by atomic mass is 19.4. The Bertz CT molecular complexity index is 434. The highest BCUT2D eigenvalue weighted by Crippen LogP contribution is 2.33. The highest BCUT2D eigenvalue weighted by Gasteiger charge is 2.50. The number of β-amino-alcohol motifs (C(OH)–C–C–N with tert-alkyl or cyclic N) is 1. The van der Waals surface area contributed by atoms with E-state index in [0.717, 1.165) is 25.5 Å². The van der Waals surface area contributed by atoms with E-state index in [-0.39, 0.29) is 12.5 Å². The van der Waals surface area contributed by atoms with Crippen molar-refractivity contribution in [1.82, 2.24) is 9.88 Å². The molecule has 2 rings (SSSR count). The number of aliphatic hydroxyl groups is 1. The molecule has 1 aliphatic heterocycles. The number of halogens is 3. The molecule has 1 aromatic heterocycles. The van der Waals surface area contributed by atoms with Crippen LogP contribution in [0.5, 0.6) is 0 Å². The first kappa shape index (κ1) is 15.3. The molecule has 0 aromatic carbocycles. The molecule has 2 heterocycles. The van der Waals surface area contributed by atoms with Crippen LogP contribution in [0.2, 0.25) is 0 Å². The maximum atomic E-state index is 12.7. The molecule has 0 unspecified atom stereocenters. The van der Waals surface area contributed by atoms with Gasteiger partial charge in [-0.05, 0) is 38.4 Å². The fourth-order valence-electron chi connectivity index (χ4n) is 2.58. The van der Waals surface area contributed by atoms with Crippen LogP contribution in [0.25, 0.3) is 0 Å². The molecule has 3 nitrogen and oxygen atoms in total. The van der Waals surface area contributed by atoms with Crippen LogP contribution in [0.4, 0.5) is 13.2 Å². The lowest BCUT2D eigenvalue weighted by Crippen LogP contribution is -2.53. The fourth-order valence-corrected chi connectivity index (χ4v) is 2.58. The van der Waals surface area contributed by atoms with Gasteiger partial charge in [-0.1, -0.05) is 6.07 Å². The largest absolute Gasteiger partial charge is 0.418 e. The first-order chi connectivity index (χ1) is 9.29. The van der Waals surface area contributed by atoms with Crippen molar-refractivity contribution in [3.63, 3.8) is 0 Å². The summed E-state index contributed by atoms with van der Waals surface area (Å²) in [5.41, 5.74) is -1.76. The third-order valence-electron chi connectivity index (χ3n) is 3.75. The molecular weight excluding hydrogens is 269 g/mol. The highest BCUT2D eigenvalue weighted by molar-refractivity contribution is 5.11. The SMILES string of the molecule is C[C@](O)(CN1CCC[C@@H](c2ccccn2)C1)C(F)(F)F. The van der Waals surface area contributed by atoms with Crippen molar-refractivity contribution in [2.75, 3.05) is 19.6 Å². The smallest absolute Gasteiger partial charge is 0.380 e. The molecule has 112 valence electrons. The summed E-state index contributed by atoms with van der Waals surface area (Å²) < 4.78 is 38.2. The van der Waals surface area contributed by atoms with E-state index in [4.69, 9.17) is 0 Å². The van der Waals surface area contributed by atoms with Gasteiger partial charge in [-0.25, -0.2) is 0 Å². The quantitative estimate of drug-likeness (QED) is 0.928. The van der Waals surface area contributed by atoms with Gasteiger partial charge in [0.05, 0.1) is 0 Å². The van der Waals surface area contributed by atoms with Crippen molar-refractivity contribution in [3.05, 3.63) is 30.1 Å². The predicted octanol–water partition coefficient (Wildman–Crippen LogP) is 2.57. The minimum Gasteiger partial charge on any atom is -0.380 e. The van der Waals surface area contributed by atoms with Gasteiger partial charge in [-0.3, -0.25) is 9.88 Å². The molecule has 1 N–H and O–H groups in total. The third-order valence-corrected chi connectivity index (χ3v) is 3.75. The zero-order chi connectivity index (χ0) is 14.8. The van der Waals surface area contributed by atoms with E-state index >= 15 is 0 Å². The number of aromatic nitrogens is 1. The molecule has 0 spiro atoms. The Hall–Kier alpha value is -1.14. The molecule has 0 radical (unpaired) electrons. The summed E-state index contributed by atoms with van der Waals surface area (Å²) in [4.78, 5) is 5.95. The van der Waals surface area contributed by atoms with E-state index in [0.29, 0.717) is 13.1 Å². The number of nitrogens with zero attached hydrogens (tertiary/aromatic N) is 2. The van der Waals surface area contributed by atoms with Gasteiger partial charge >= 0.3 is 6.18 Å². The van der Waals surface area contributed by atoms with E-state index in [9.17, 15) is 18.3 Å². The van der Waals surface area contributed by atoms with Gasteiger partial charge in [0.1, 0.15) is 0 Å². The number of piperidine rings is 1. The average Bonchev–Trinajstić information content (AvgIpc) is 2.38. The molecule has 0 saturated carbocycles. The summed E-state index contributed by atoms with van der Waals surface area (Å²) in [5.74, 6) is 0.133. The van der Waals surface area contributed by atoms with Gasteiger partial charge < -0.3 is 5.11 Å². The number of alkyl halides is 3. The summed E-state index contributed by atoms with van der Waals surface area (Å²) >= 11 is 0. The molecule has 2 atom stereocenters. The Morgan fingerprint density at radius 1 is 1.40 bits per heavy atom. The van der Waals surface area contributed by atoms with Crippen LogP contribution >= 0.6 is 0 Å². The molecule has 0 amide bonds. The van der Waals surface area contributed by atoms with Crippen LogP contribution in [0, 0.1) is 0 Å². The second-order valence-corrected chi connectivity index (χ2v) is 5.60. The molecule has 20 heavy (non-hydrogen) atoms. The number of pyridine rings is 1. The minimum absolute atomic E-state index is 0.133. The predicted molar refractivity (Wildman–Crippen MR) is 69.3 cm³/mol. The Balaban J connectivity index is 2.01. The Labute approximate surface area is 116 Å². The van der Waals surface area contributed by atoms with Gasteiger partial charge in [0, 0.05) is 30.9 Å². The van der Waals surface area contributed by atoms with Crippen LogP contribution in [-0.2, 0) is 0 Å². The summed E-state index contributed by atoms with van der Waals surface area (Å²) in [5, 5.41) is 9.58. The minimum atomic E-state index is -4.61. The van der Waals surface area contributed by atoms with E-state index in [1.807, 2.05) is 18.2 Å². The number of hydrogen-bond acceptors (Lipinski definition) is 3. The van der Waals surface area contributed by atoms with Gasteiger partial charge in [-0.2, -0.15) is 13.2 Å². The van der Waals surface area contributed by atoms with Gasteiger partial charge in [-0.15, -0.1) is 0 Å². The van der Waals surface area contributed by atoms with Crippen LogP contribution in [0.15, 0.2) is 24.4 Å². The Morgan fingerprint density at radius 3 is 2.75 bits per heavy atom. The molecule has 1 aliphatic rings. The topological polar surface area (TPSA) is 36.4 Å². The van der Waals surface area contributed by atoms with Crippen LogP contribution in [-0.4, -0.2) is 46.4 Å². The molecule has 0 bridgehead atoms. The summed E-state index contributed by atoms with van der Waals surface area (Å²) in [7, 11) is 0. The molecule has 1 aromatic rings. The van der Waals surface area contributed by atoms with Crippen LogP contribution < -0.4 is 0 Å². The molecule has 1 saturated heterocycles. The first-order valence-corrected chi connectivity index (χ1v) is 6.72. The van der Waals surface area contributed by atoms with Crippen molar-refractivity contribution in [1.29, 1.82) is 0 Å². The zero-order valence-electron chi connectivity index (χ0n) is 11.4. The molecule has 0 aliphatic carbocycles. The monoisotopic (exact) mass is 288 g/mol. The second-order valence-electron chi connectivity index (χ2n) is 5.60. The normalized spacial score (nSPS) is 24.4. The maximum Gasteiger partial charge on any atom is 0.418 e. The maximum absolute atomic E-state index is 12.7. The van der Waals surface area contributed by atoms with E-state index in [2.05, 4.69) is 4.98 Å². The van der Waals surface area contributed by atoms with Crippen molar-refractivity contribution in [3.8, 4) is 0 Å². The van der Waals surface area contributed by atoms with Crippen molar-refractivity contribution >= 4 is 0 Å². The lowest BCUT2D eigenvalue weighted by molar-refractivity contribution is -0.258. The second kappa shape index (κ2) is 5.69. The zero-order valence-corrected chi connectivity index (χ0v) is 11.4. The van der Waals surface area contributed by atoms with E-state index in [1.165, 1.54) is 0 Å². The van der Waals surface area contributed by atoms with Crippen molar-refractivity contribution < 1.29 is 18.3 Å². The van der Waals surface area contributed by atoms with E-state index < -0.39 is 11.8 Å². The number of likely N-dealkylation sites (tertiary alicyclic amines) is 1. The molecule has 6 heteroatoms. The number of hydrogen-bond donors (Lipinski definition) is 1. The van der Waals surface area contributed by atoms with E-state index in [1.54, 1.807) is 11.1 Å². The molecular formula is C14H19F3N2O. The molecule has 1 fully saturated rings. The standard InChI is InChI=1S/C14H19F3N2O/c1-13(20,14(15,16)17)10-19-8-4-5-11(9-19)12-6-2-3-7-18-12/h2-3,6-7,11,20H,4-5,8-10H2,1H3/t11-,13+/m1/s1. The first-order valence-electron chi connectivity index (χ1n) is 6.72. The lowest BCUT2D eigenvalue weighted by Gasteiger charge is -2.37.